The highest BCUT2D eigenvalue weighted by molar-refractivity contribution is 5.94. The minimum Gasteiger partial charge on any atom is -0.466 e. The van der Waals surface area contributed by atoms with Crippen molar-refractivity contribution in [2.75, 3.05) is 14.2 Å². The van der Waals surface area contributed by atoms with Gasteiger partial charge in [0.1, 0.15) is 0 Å². The van der Waals surface area contributed by atoms with Crippen LogP contribution in [0, 0.1) is 0 Å². The summed E-state index contributed by atoms with van der Waals surface area (Å²) in [5.74, 6) is -1.06. The lowest BCUT2D eigenvalue weighted by molar-refractivity contribution is -0.136. The molecule has 2 amide bonds. The van der Waals surface area contributed by atoms with Crippen LogP contribution in [0.2, 0.25) is 0 Å². The number of ether oxygens (including phenoxy) is 2. The second kappa shape index (κ2) is 7.21. The van der Waals surface area contributed by atoms with Gasteiger partial charge in [0.25, 0.3) is 0 Å². The number of hydrogen-bond acceptors (Lipinski definition) is 6. The maximum absolute atomic E-state index is 11.7. The summed E-state index contributed by atoms with van der Waals surface area (Å²) >= 11 is 0. The number of amides is 2. The third-order valence-electron chi connectivity index (χ3n) is 3.06. The number of rotatable bonds is 4. The molecular formula is C15H15N3O5. The lowest BCUT2D eigenvalue weighted by atomic mass is 10.1. The molecule has 1 aromatic heterocycles. The second-order valence-corrected chi connectivity index (χ2v) is 4.54. The largest absolute Gasteiger partial charge is 0.466 e. The first-order valence-corrected chi connectivity index (χ1v) is 6.62. The Kier molecular flexibility index (Phi) is 5.08. The topological polar surface area (TPSA) is 107 Å². The molecule has 0 radical (unpaired) electrons. The summed E-state index contributed by atoms with van der Waals surface area (Å²) in [5.41, 5.74) is 1.16. The van der Waals surface area contributed by atoms with E-state index in [2.05, 4.69) is 25.1 Å². The Hall–Kier alpha value is -3.16. The Balaban J connectivity index is 2.22. The van der Waals surface area contributed by atoms with E-state index in [-0.39, 0.29) is 5.57 Å². The third kappa shape index (κ3) is 3.94. The number of methoxy groups -OCH3 is 2. The second-order valence-electron chi connectivity index (χ2n) is 4.54. The van der Waals surface area contributed by atoms with Gasteiger partial charge in [-0.15, -0.1) is 0 Å². The van der Waals surface area contributed by atoms with Crippen molar-refractivity contribution in [3.8, 4) is 0 Å². The van der Waals surface area contributed by atoms with Crippen LogP contribution >= 0.6 is 0 Å². The van der Waals surface area contributed by atoms with Crippen LogP contribution in [-0.4, -0.2) is 43.2 Å². The number of carbonyl (C=O) groups excluding carboxylic acids is 3. The average Bonchev–Trinajstić information content (AvgIpc) is 2.59. The number of aromatic nitrogens is 1. The predicted octanol–water partition coefficient (Wildman–Crippen LogP) is 0.620. The molecule has 1 aliphatic heterocycles. The molecule has 0 bridgehead atoms. The maximum Gasteiger partial charge on any atom is 0.339 e. The van der Waals surface area contributed by atoms with E-state index in [1.165, 1.54) is 32.8 Å². The van der Waals surface area contributed by atoms with Crippen molar-refractivity contribution in [3.63, 3.8) is 0 Å². The highest BCUT2D eigenvalue weighted by atomic mass is 16.5. The molecule has 0 fully saturated rings. The number of carbonyl (C=O) groups is 3. The molecule has 120 valence electrons. The molecule has 1 aliphatic rings. The van der Waals surface area contributed by atoms with Crippen molar-refractivity contribution in [3.05, 3.63) is 47.4 Å². The molecule has 8 nitrogen and oxygen atoms in total. The minimum atomic E-state index is -0.655. The Labute approximate surface area is 132 Å². The molecule has 2 rings (SSSR count). The van der Waals surface area contributed by atoms with Gasteiger partial charge in [0.2, 0.25) is 0 Å². The average molecular weight is 317 g/mol. The fourth-order valence-corrected chi connectivity index (χ4v) is 1.93. The molecule has 0 aliphatic carbocycles. The molecule has 8 heteroatoms. The van der Waals surface area contributed by atoms with Crippen LogP contribution in [0.15, 0.2) is 36.3 Å². The van der Waals surface area contributed by atoms with E-state index in [1.54, 1.807) is 18.2 Å². The quantitative estimate of drug-likeness (QED) is 0.788. The smallest absolute Gasteiger partial charge is 0.339 e. The van der Waals surface area contributed by atoms with Crippen molar-refractivity contribution >= 4 is 24.0 Å². The van der Waals surface area contributed by atoms with E-state index in [1.807, 2.05) is 0 Å². The molecule has 2 N–H and O–H groups in total. The Morgan fingerprint density at radius 3 is 2.65 bits per heavy atom. The van der Waals surface area contributed by atoms with E-state index >= 15 is 0 Å². The SMILES string of the molecule is COC(=O)C1=CNC(=O)NC1C=Cc1cncc(C(=O)OC)c1. The molecule has 0 saturated carbocycles. The van der Waals surface area contributed by atoms with Gasteiger partial charge in [0, 0.05) is 18.6 Å². The zero-order valence-electron chi connectivity index (χ0n) is 12.5. The van der Waals surface area contributed by atoms with Crippen molar-refractivity contribution in [2.24, 2.45) is 0 Å². The molecule has 23 heavy (non-hydrogen) atoms. The van der Waals surface area contributed by atoms with Crippen LogP contribution in [0.3, 0.4) is 0 Å². The van der Waals surface area contributed by atoms with E-state index < -0.39 is 24.0 Å². The molecule has 0 spiro atoms. The van der Waals surface area contributed by atoms with E-state index in [0.717, 1.165) is 0 Å². The maximum atomic E-state index is 11.7. The van der Waals surface area contributed by atoms with Crippen molar-refractivity contribution < 1.29 is 23.9 Å². The monoisotopic (exact) mass is 317 g/mol. The van der Waals surface area contributed by atoms with E-state index in [4.69, 9.17) is 0 Å². The van der Waals surface area contributed by atoms with E-state index in [9.17, 15) is 14.4 Å². The highest BCUT2D eigenvalue weighted by Crippen LogP contribution is 2.12. The lowest BCUT2D eigenvalue weighted by Crippen LogP contribution is -2.46. The first-order valence-electron chi connectivity index (χ1n) is 6.62. The first kappa shape index (κ1) is 16.2. The van der Waals surface area contributed by atoms with Crippen LogP contribution in [-0.2, 0) is 14.3 Å². The Morgan fingerprint density at radius 1 is 1.22 bits per heavy atom. The Morgan fingerprint density at radius 2 is 1.96 bits per heavy atom. The van der Waals surface area contributed by atoms with Crippen molar-refractivity contribution in [1.82, 2.24) is 15.6 Å². The van der Waals surface area contributed by atoms with Crippen LogP contribution in [0.25, 0.3) is 6.08 Å². The third-order valence-corrected chi connectivity index (χ3v) is 3.06. The summed E-state index contributed by atoms with van der Waals surface area (Å²) in [6.07, 6.45) is 7.44. The number of hydrogen-bond donors (Lipinski definition) is 2. The molecular weight excluding hydrogens is 302 g/mol. The molecule has 1 atom stereocenters. The number of urea groups is 1. The van der Waals surface area contributed by atoms with Gasteiger partial charge < -0.3 is 20.1 Å². The summed E-state index contributed by atoms with van der Waals surface area (Å²) in [7, 11) is 2.53. The highest BCUT2D eigenvalue weighted by Gasteiger charge is 2.25. The normalized spacial score (nSPS) is 17.0. The zero-order valence-corrected chi connectivity index (χ0v) is 12.5. The Bertz CT molecular complexity index is 696. The summed E-state index contributed by atoms with van der Waals surface area (Å²) < 4.78 is 9.29. The van der Waals surface area contributed by atoms with E-state index in [0.29, 0.717) is 11.1 Å². The molecule has 1 aromatic rings. The van der Waals surface area contributed by atoms with Crippen LogP contribution in [0.4, 0.5) is 4.79 Å². The summed E-state index contributed by atoms with van der Waals surface area (Å²) in [4.78, 5) is 38.5. The van der Waals surface area contributed by atoms with Gasteiger partial charge in [0.05, 0.1) is 31.4 Å². The van der Waals surface area contributed by atoms with Gasteiger partial charge in [-0.05, 0) is 11.6 Å². The fourth-order valence-electron chi connectivity index (χ4n) is 1.93. The summed E-state index contributed by atoms with van der Waals surface area (Å²) in [5, 5.41) is 4.97. The molecule has 0 aromatic carbocycles. The van der Waals surface area contributed by atoms with Gasteiger partial charge >= 0.3 is 18.0 Å². The summed E-state index contributed by atoms with van der Waals surface area (Å²) in [6.45, 7) is 0. The van der Waals surface area contributed by atoms with Crippen LogP contribution in [0.5, 0.6) is 0 Å². The molecule has 0 saturated heterocycles. The molecule has 2 heterocycles. The van der Waals surface area contributed by atoms with Crippen molar-refractivity contribution in [2.45, 2.75) is 6.04 Å². The fraction of sp³-hybridized carbons (Fsp3) is 0.200. The first-order chi connectivity index (χ1) is 11.0. The zero-order chi connectivity index (χ0) is 16.8. The molecule has 1 unspecified atom stereocenters. The van der Waals surface area contributed by atoms with Gasteiger partial charge in [-0.3, -0.25) is 4.98 Å². The number of pyridine rings is 1. The van der Waals surface area contributed by atoms with Gasteiger partial charge in [-0.1, -0.05) is 12.2 Å². The number of nitrogens with zero attached hydrogens (tertiary/aromatic N) is 1. The van der Waals surface area contributed by atoms with Crippen LogP contribution < -0.4 is 10.6 Å². The summed E-state index contributed by atoms with van der Waals surface area (Å²) in [6, 6.07) is 0.492. The van der Waals surface area contributed by atoms with Gasteiger partial charge in [-0.25, -0.2) is 14.4 Å². The number of nitrogens with one attached hydrogen (secondary N) is 2. The van der Waals surface area contributed by atoms with Crippen molar-refractivity contribution in [1.29, 1.82) is 0 Å². The lowest BCUT2D eigenvalue weighted by Gasteiger charge is -2.21. The van der Waals surface area contributed by atoms with Gasteiger partial charge in [0.15, 0.2) is 0 Å². The predicted molar refractivity (Wildman–Crippen MR) is 80.2 cm³/mol. The standard InChI is InChI=1S/C15H15N3O5/c1-22-13(19)10-5-9(6-16-7-10)3-4-12-11(14(20)23-2)8-17-15(21)18-12/h3-8,12H,1-2H3,(H2,17,18,21). The van der Waals surface area contributed by atoms with Crippen LogP contribution in [0.1, 0.15) is 15.9 Å². The van der Waals surface area contributed by atoms with Gasteiger partial charge in [-0.2, -0.15) is 0 Å². The number of esters is 2. The minimum absolute atomic E-state index is 0.250.